The highest BCUT2D eigenvalue weighted by Gasteiger charge is 2.07. The van der Waals surface area contributed by atoms with Gasteiger partial charge >= 0.3 is 0 Å². The topological polar surface area (TPSA) is 25.2 Å². The molecule has 0 bridgehead atoms. The van der Waals surface area contributed by atoms with E-state index in [0.717, 1.165) is 24.9 Å². The summed E-state index contributed by atoms with van der Waals surface area (Å²) in [5.74, 6) is 0. The Bertz CT molecular complexity index is 293. The molecular weight excluding hydrogens is 210 g/mol. The number of hydrogen-bond acceptors (Lipinski definition) is 1. The molecule has 1 aromatic rings. The quantitative estimate of drug-likeness (QED) is 0.637. The minimum absolute atomic E-state index is 0.277. The Morgan fingerprint density at radius 3 is 2.59 bits per heavy atom. The van der Waals surface area contributed by atoms with Crippen molar-refractivity contribution >= 4 is 0 Å². The average molecular weight is 237 g/mol. The van der Waals surface area contributed by atoms with E-state index in [9.17, 15) is 5.11 Å². The van der Waals surface area contributed by atoms with E-state index in [4.69, 9.17) is 0 Å². The van der Waals surface area contributed by atoms with Crippen molar-refractivity contribution in [2.24, 2.45) is 0 Å². The molecule has 1 N–H and O–H groups in total. The second kappa shape index (κ2) is 8.35. The monoisotopic (exact) mass is 237 g/mol. The molecule has 1 unspecified atom stereocenters. The Balaban J connectivity index is 2.25. The van der Waals surface area contributed by atoms with Gasteiger partial charge in [-0.15, -0.1) is 0 Å². The van der Waals surface area contributed by atoms with Crippen molar-refractivity contribution in [1.29, 1.82) is 0 Å². The van der Waals surface area contributed by atoms with Crippen LogP contribution in [0.15, 0.2) is 18.5 Å². The van der Waals surface area contributed by atoms with Crippen molar-refractivity contribution < 1.29 is 5.11 Å². The Morgan fingerprint density at radius 1 is 1.12 bits per heavy atom. The molecule has 0 radical (unpaired) electrons. The summed E-state index contributed by atoms with van der Waals surface area (Å²) in [4.78, 5) is 0. The summed E-state index contributed by atoms with van der Waals surface area (Å²) in [6.07, 6.45) is 12.4. The largest absolute Gasteiger partial charge is 0.388 e. The highest BCUT2D eigenvalue weighted by atomic mass is 16.3. The van der Waals surface area contributed by atoms with E-state index in [2.05, 4.69) is 30.8 Å². The normalized spacial score (nSPS) is 12.9. The van der Waals surface area contributed by atoms with Crippen molar-refractivity contribution in [2.45, 2.75) is 71.4 Å². The first-order chi connectivity index (χ1) is 8.27. The van der Waals surface area contributed by atoms with Gasteiger partial charge in [0, 0.05) is 18.9 Å². The smallest absolute Gasteiger partial charge is 0.0804 e. The van der Waals surface area contributed by atoms with Gasteiger partial charge < -0.3 is 9.67 Å². The molecule has 17 heavy (non-hydrogen) atoms. The number of aliphatic hydroxyl groups is 1. The van der Waals surface area contributed by atoms with Crippen molar-refractivity contribution in [1.82, 2.24) is 4.57 Å². The molecule has 0 aromatic carbocycles. The van der Waals surface area contributed by atoms with Crippen LogP contribution in [-0.2, 0) is 6.54 Å². The van der Waals surface area contributed by atoms with E-state index in [1.54, 1.807) is 0 Å². The Hall–Kier alpha value is -0.760. The molecular formula is C15H27NO. The van der Waals surface area contributed by atoms with Gasteiger partial charge in [-0.3, -0.25) is 0 Å². The molecule has 0 saturated carbocycles. The lowest BCUT2D eigenvalue weighted by molar-refractivity contribution is 0.166. The standard InChI is InChI=1S/C15H27NO/c1-3-5-6-7-8-11-16-12-10-14(13-16)15(17)9-4-2/h10,12-13,15,17H,3-9,11H2,1-2H3. The van der Waals surface area contributed by atoms with Gasteiger partial charge in [0.25, 0.3) is 0 Å². The minimum Gasteiger partial charge on any atom is -0.388 e. The van der Waals surface area contributed by atoms with Crippen LogP contribution in [0.3, 0.4) is 0 Å². The van der Waals surface area contributed by atoms with E-state index in [1.165, 1.54) is 32.1 Å². The minimum atomic E-state index is -0.277. The fraction of sp³-hybridized carbons (Fsp3) is 0.733. The van der Waals surface area contributed by atoms with Crippen LogP contribution in [0.25, 0.3) is 0 Å². The lowest BCUT2D eigenvalue weighted by Crippen LogP contribution is -1.97. The maximum atomic E-state index is 9.86. The van der Waals surface area contributed by atoms with E-state index in [0.29, 0.717) is 0 Å². The Kier molecular flexibility index (Phi) is 7.02. The predicted molar refractivity (Wildman–Crippen MR) is 73.1 cm³/mol. The number of aryl methyl sites for hydroxylation is 1. The zero-order chi connectivity index (χ0) is 12.5. The van der Waals surface area contributed by atoms with E-state index < -0.39 is 0 Å². The van der Waals surface area contributed by atoms with Crippen molar-refractivity contribution in [2.75, 3.05) is 0 Å². The Labute approximate surface area is 106 Å². The van der Waals surface area contributed by atoms with E-state index >= 15 is 0 Å². The molecule has 0 saturated heterocycles. The molecule has 1 aromatic heterocycles. The molecule has 1 atom stereocenters. The maximum absolute atomic E-state index is 9.86. The second-order valence-electron chi connectivity index (χ2n) is 4.90. The SMILES string of the molecule is CCCCCCCn1ccc(C(O)CCC)c1. The van der Waals surface area contributed by atoms with Crippen LogP contribution in [-0.4, -0.2) is 9.67 Å². The summed E-state index contributed by atoms with van der Waals surface area (Å²) < 4.78 is 2.21. The van der Waals surface area contributed by atoms with Crippen molar-refractivity contribution in [3.8, 4) is 0 Å². The number of rotatable bonds is 9. The summed E-state index contributed by atoms with van der Waals surface area (Å²) in [7, 11) is 0. The van der Waals surface area contributed by atoms with Crippen LogP contribution in [0, 0.1) is 0 Å². The molecule has 0 spiro atoms. The molecule has 0 amide bonds. The van der Waals surface area contributed by atoms with E-state index in [1.807, 2.05) is 6.07 Å². The lowest BCUT2D eigenvalue weighted by atomic mass is 10.1. The summed E-state index contributed by atoms with van der Waals surface area (Å²) in [6, 6.07) is 2.05. The molecule has 0 fully saturated rings. The summed E-state index contributed by atoms with van der Waals surface area (Å²) in [6.45, 7) is 5.43. The van der Waals surface area contributed by atoms with Gasteiger partial charge in [-0.05, 0) is 24.5 Å². The van der Waals surface area contributed by atoms with Crippen LogP contribution in [0.2, 0.25) is 0 Å². The fourth-order valence-corrected chi connectivity index (χ4v) is 2.13. The summed E-state index contributed by atoms with van der Waals surface area (Å²) in [5.41, 5.74) is 1.07. The number of aromatic nitrogens is 1. The third kappa shape index (κ3) is 5.40. The number of aliphatic hydroxyl groups excluding tert-OH is 1. The maximum Gasteiger partial charge on any atom is 0.0804 e. The molecule has 2 heteroatoms. The highest BCUT2D eigenvalue weighted by Crippen LogP contribution is 2.18. The zero-order valence-electron chi connectivity index (χ0n) is 11.4. The number of unbranched alkanes of at least 4 members (excludes halogenated alkanes) is 4. The molecule has 0 aliphatic heterocycles. The first-order valence-electron chi connectivity index (χ1n) is 7.11. The third-order valence-electron chi connectivity index (χ3n) is 3.24. The zero-order valence-corrected chi connectivity index (χ0v) is 11.4. The molecule has 1 rings (SSSR count). The molecule has 0 aliphatic carbocycles. The van der Waals surface area contributed by atoms with Crippen LogP contribution >= 0.6 is 0 Å². The fourth-order valence-electron chi connectivity index (χ4n) is 2.13. The van der Waals surface area contributed by atoms with Gasteiger partial charge in [0.15, 0.2) is 0 Å². The first-order valence-corrected chi connectivity index (χ1v) is 7.11. The molecule has 0 aliphatic rings. The van der Waals surface area contributed by atoms with Crippen LogP contribution in [0.1, 0.15) is 70.5 Å². The number of nitrogens with zero attached hydrogens (tertiary/aromatic N) is 1. The average Bonchev–Trinajstić information content (AvgIpc) is 2.78. The first kappa shape index (κ1) is 14.3. The van der Waals surface area contributed by atoms with Gasteiger partial charge in [-0.2, -0.15) is 0 Å². The molecule has 2 nitrogen and oxygen atoms in total. The van der Waals surface area contributed by atoms with Gasteiger partial charge in [0.2, 0.25) is 0 Å². The third-order valence-corrected chi connectivity index (χ3v) is 3.24. The van der Waals surface area contributed by atoms with Gasteiger partial charge in [-0.25, -0.2) is 0 Å². The van der Waals surface area contributed by atoms with Crippen LogP contribution in [0.5, 0.6) is 0 Å². The van der Waals surface area contributed by atoms with Crippen molar-refractivity contribution in [3.63, 3.8) is 0 Å². The highest BCUT2D eigenvalue weighted by molar-refractivity contribution is 5.13. The van der Waals surface area contributed by atoms with Gasteiger partial charge in [0.05, 0.1) is 6.10 Å². The number of hydrogen-bond donors (Lipinski definition) is 1. The van der Waals surface area contributed by atoms with Crippen LogP contribution < -0.4 is 0 Å². The predicted octanol–water partition coefficient (Wildman–Crippen LogP) is 4.29. The summed E-state index contributed by atoms with van der Waals surface area (Å²) >= 11 is 0. The van der Waals surface area contributed by atoms with Gasteiger partial charge in [0.1, 0.15) is 0 Å². The van der Waals surface area contributed by atoms with Crippen molar-refractivity contribution in [3.05, 3.63) is 24.0 Å². The Morgan fingerprint density at radius 2 is 1.88 bits per heavy atom. The molecule has 1 heterocycles. The van der Waals surface area contributed by atoms with E-state index in [-0.39, 0.29) is 6.10 Å². The lowest BCUT2D eigenvalue weighted by Gasteiger charge is -2.06. The van der Waals surface area contributed by atoms with Gasteiger partial charge in [-0.1, -0.05) is 46.0 Å². The second-order valence-corrected chi connectivity index (χ2v) is 4.90. The summed E-state index contributed by atoms with van der Waals surface area (Å²) in [5, 5.41) is 9.86. The van der Waals surface area contributed by atoms with Crippen LogP contribution in [0.4, 0.5) is 0 Å². The molecule has 98 valence electrons.